The number of ether oxygens (including phenoxy) is 1. The molecule has 1 amide bonds. The number of phenolic OH excluding ortho intramolecular Hbond substituents is 1. The molecule has 18 heavy (non-hydrogen) atoms. The van der Waals surface area contributed by atoms with Crippen molar-refractivity contribution in [3.8, 4) is 5.75 Å². The molecule has 1 fully saturated rings. The lowest BCUT2D eigenvalue weighted by Crippen LogP contribution is -2.28. The van der Waals surface area contributed by atoms with Gasteiger partial charge in [0.25, 0.3) is 5.91 Å². The first-order chi connectivity index (χ1) is 8.66. The number of phenols is 1. The molecule has 0 radical (unpaired) electrons. The van der Waals surface area contributed by atoms with Crippen molar-refractivity contribution < 1.29 is 14.6 Å². The molecule has 1 aliphatic rings. The second-order valence-corrected chi connectivity index (χ2v) is 4.77. The quantitative estimate of drug-likeness (QED) is 0.756. The van der Waals surface area contributed by atoms with Gasteiger partial charge in [-0.3, -0.25) is 4.79 Å². The summed E-state index contributed by atoms with van der Waals surface area (Å²) in [6.07, 6.45) is 2.55. The minimum absolute atomic E-state index is 0.123. The number of hydrogen-bond donors (Lipinski definition) is 2. The van der Waals surface area contributed by atoms with E-state index in [1.54, 1.807) is 19.1 Å². The van der Waals surface area contributed by atoms with Gasteiger partial charge in [0.1, 0.15) is 5.75 Å². The van der Waals surface area contributed by atoms with Crippen molar-refractivity contribution in [1.82, 2.24) is 5.32 Å². The number of carbonyl (C=O) groups is 1. The first-order valence-corrected chi connectivity index (χ1v) is 6.32. The molecule has 0 aromatic heterocycles. The highest BCUT2D eigenvalue weighted by Crippen LogP contribution is 2.28. The Morgan fingerprint density at radius 2 is 2.28 bits per heavy atom. The maximum atomic E-state index is 11.8. The van der Waals surface area contributed by atoms with E-state index in [2.05, 4.69) is 5.32 Å². The summed E-state index contributed by atoms with van der Waals surface area (Å²) in [6.45, 7) is 3.69. The van der Waals surface area contributed by atoms with Gasteiger partial charge >= 0.3 is 0 Å². The summed E-state index contributed by atoms with van der Waals surface area (Å²) in [5.41, 5.74) is 1.36. The summed E-state index contributed by atoms with van der Waals surface area (Å²) in [6, 6.07) is 4.73. The van der Waals surface area contributed by atoms with Crippen LogP contribution in [-0.2, 0) is 4.74 Å². The molecule has 1 saturated carbocycles. The fourth-order valence-corrected chi connectivity index (χ4v) is 1.77. The van der Waals surface area contributed by atoms with Crippen molar-refractivity contribution in [3.05, 3.63) is 29.3 Å². The second-order valence-electron chi connectivity index (χ2n) is 4.77. The zero-order valence-electron chi connectivity index (χ0n) is 10.6. The molecular weight excluding hydrogens is 230 g/mol. The van der Waals surface area contributed by atoms with Gasteiger partial charge < -0.3 is 15.2 Å². The molecule has 0 unspecified atom stereocenters. The van der Waals surface area contributed by atoms with E-state index >= 15 is 0 Å². The minimum Gasteiger partial charge on any atom is -0.508 e. The van der Waals surface area contributed by atoms with E-state index in [-0.39, 0.29) is 11.7 Å². The molecule has 0 saturated heterocycles. The third-order valence-corrected chi connectivity index (χ3v) is 3.04. The molecule has 1 aromatic carbocycles. The zero-order valence-corrected chi connectivity index (χ0v) is 10.6. The smallest absolute Gasteiger partial charge is 0.251 e. The summed E-state index contributed by atoms with van der Waals surface area (Å²) >= 11 is 0. The highest BCUT2D eigenvalue weighted by atomic mass is 16.5. The molecule has 4 nitrogen and oxygen atoms in total. The predicted octanol–water partition coefficient (Wildman–Crippen LogP) is 1.86. The van der Waals surface area contributed by atoms with E-state index < -0.39 is 0 Å². The van der Waals surface area contributed by atoms with E-state index in [0.717, 1.165) is 18.1 Å². The third kappa shape index (κ3) is 3.74. The maximum Gasteiger partial charge on any atom is 0.251 e. The van der Waals surface area contributed by atoms with Crippen LogP contribution in [0.2, 0.25) is 0 Å². The average molecular weight is 249 g/mol. The minimum atomic E-state index is -0.123. The Labute approximate surface area is 107 Å². The van der Waals surface area contributed by atoms with Crippen LogP contribution in [0.1, 0.15) is 28.8 Å². The van der Waals surface area contributed by atoms with Gasteiger partial charge in [0, 0.05) is 18.7 Å². The van der Waals surface area contributed by atoms with Gasteiger partial charge in [-0.2, -0.15) is 0 Å². The van der Waals surface area contributed by atoms with Crippen LogP contribution in [0.15, 0.2) is 18.2 Å². The Morgan fingerprint density at radius 3 is 2.94 bits per heavy atom. The monoisotopic (exact) mass is 249 g/mol. The van der Waals surface area contributed by atoms with Crippen molar-refractivity contribution >= 4 is 5.91 Å². The Hall–Kier alpha value is -1.55. The average Bonchev–Trinajstić information content (AvgIpc) is 3.12. The molecule has 0 spiro atoms. The normalized spacial score (nSPS) is 14.5. The summed E-state index contributed by atoms with van der Waals surface area (Å²) in [5, 5.41) is 12.1. The van der Waals surface area contributed by atoms with Crippen molar-refractivity contribution in [2.45, 2.75) is 19.8 Å². The van der Waals surface area contributed by atoms with Crippen LogP contribution in [0.25, 0.3) is 0 Å². The van der Waals surface area contributed by atoms with Gasteiger partial charge in [-0.25, -0.2) is 0 Å². The Morgan fingerprint density at radius 1 is 1.50 bits per heavy atom. The van der Waals surface area contributed by atoms with Crippen LogP contribution in [0.4, 0.5) is 0 Å². The van der Waals surface area contributed by atoms with Crippen molar-refractivity contribution in [1.29, 1.82) is 0 Å². The van der Waals surface area contributed by atoms with Gasteiger partial charge in [-0.1, -0.05) is 0 Å². The molecular formula is C14H19NO3. The van der Waals surface area contributed by atoms with Gasteiger partial charge in [-0.15, -0.1) is 0 Å². The second kappa shape index (κ2) is 5.87. The summed E-state index contributed by atoms with van der Waals surface area (Å²) in [4.78, 5) is 11.8. The largest absolute Gasteiger partial charge is 0.508 e. The number of benzene rings is 1. The first-order valence-electron chi connectivity index (χ1n) is 6.32. The highest BCUT2D eigenvalue weighted by Gasteiger charge is 2.20. The molecule has 2 N–H and O–H groups in total. The van der Waals surface area contributed by atoms with Crippen LogP contribution in [-0.4, -0.2) is 30.8 Å². The molecule has 0 atom stereocenters. The van der Waals surface area contributed by atoms with E-state index in [4.69, 9.17) is 4.74 Å². The number of amides is 1. The zero-order chi connectivity index (χ0) is 13.0. The van der Waals surface area contributed by atoms with Crippen LogP contribution in [0.3, 0.4) is 0 Å². The van der Waals surface area contributed by atoms with Gasteiger partial charge in [0.15, 0.2) is 0 Å². The third-order valence-electron chi connectivity index (χ3n) is 3.04. The van der Waals surface area contributed by atoms with Crippen LogP contribution in [0, 0.1) is 12.8 Å². The molecule has 0 aliphatic heterocycles. The number of carbonyl (C=O) groups excluding carboxylic acids is 1. The van der Waals surface area contributed by atoms with Gasteiger partial charge in [-0.05, 0) is 49.4 Å². The SMILES string of the molecule is Cc1cc(O)ccc1C(=O)NCCOCC1CC1. The topological polar surface area (TPSA) is 58.6 Å². The van der Waals surface area contributed by atoms with E-state index in [1.165, 1.54) is 18.9 Å². The number of hydrogen-bond acceptors (Lipinski definition) is 3. The fraction of sp³-hybridized carbons (Fsp3) is 0.500. The number of aryl methyl sites for hydroxylation is 1. The molecule has 1 aliphatic carbocycles. The fourth-order valence-electron chi connectivity index (χ4n) is 1.77. The van der Waals surface area contributed by atoms with Crippen LogP contribution < -0.4 is 5.32 Å². The standard InChI is InChI=1S/C14H19NO3/c1-10-8-12(16)4-5-13(10)14(17)15-6-7-18-9-11-2-3-11/h4-5,8,11,16H,2-3,6-7,9H2,1H3,(H,15,17). The number of rotatable bonds is 6. The van der Waals surface area contributed by atoms with Crippen LogP contribution in [0.5, 0.6) is 5.75 Å². The number of aromatic hydroxyl groups is 1. The molecule has 0 bridgehead atoms. The van der Waals surface area contributed by atoms with Gasteiger partial charge in [0.05, 0.1) is 6.61 Å². The number of nitrogens with one attached hydrogen (secondary N) is 1. The van der Waals surface area contributed by atoms with E-state index in [9.17, 15) is 9.90 Å². The molecule has 4 heteroatoms. The Bertz CT molecular complexity index is 427. The maximum absolute atomic E-state index is 11.8. The lowest BCUT2D eigenvalue weighted by molar-refractivity contribution is 0.0906. The molecule has 1 aromatic rings. The molecule has 0 heterocycles. The van der Waals surface area contributed by atoms with Crippen LogP contribution >= 0.6 is 0 Å². The predicted molar refractivity (Wildman–Crippen MR) is 68.7 cm³/mol. The van der Waals surface area contributed by atoms with Gasteiger partial charge in [0.2, 0.25) is 0 Å². The lowest BCUT2D eigenvalue weighted by atomic mass is 10.1. The highest BCUT2D eigenvalue weighted by molar-refractivity contribution is 5.95. The van der Waals surface area contributed by atoms with E-state index in [1.807, 2.05) is 0 Å². The summed E-state index contributed by atoms with van der Waals surface area (Å²) < 4.78 is 5.44. The van der Waals surface area contributed by atoms with Crippen molar-refractivity contribution in [2.24, 2.45) is 5.92 Å². The lowest BCUT2D eigenvalue weighted by Gasteiger charge is -2.08. The molecule has 2 rings (SSSR count). The Balaban J connectivity index is 1.72. The first kappa shape index (κ1) is 12.9. The van der Waals surface area contributed by atoms with Crippen molar-refractivity contribution in [3.63, 3.8) is 0 Å². The summed E-state index contributed by atoms with van der Waals surface area (Å²) in [5.74, 6) is 0.805. The Kier molecular flexibility index (Phi) is 4.20. The summed E-state index contributed by atoms with van der Waals surface area (Å²) in [7, 11) is 0. The van der Waals surface area contributed by atoms with Crippen molar-refractivity contribution in [2.75, 3.05) is 19.8 Å². The van der Waals surface area contributed by atoms with E-state index in [0.29, 0.717) is 18.7 Å². The molecule has 98 valence electrons.